The van der Waals surface area contributed by atoms with Crippen molar-refractivity contribution in [2.24, 2.45) is 5.92 Å². The van der Waals surface area contributed by atoms with E-state index in [1.165, 1.54) is 4.90 Å². The third-order valence-corrected chi connectivity index (χ3v) is 5.92. The Hall–Kier alpha value is -3.48. The highest BCUT2D eigenvalue weighted by atomic mass is 16.2. The van der Waals surface area contributed by atoms with Crippen LogP contribution >= 0.6 is 0 Å². The molecule has 0 bridgehead atoms. The van der Waals surface area contributed by atoms with Crippen molar-refractivity contribution in [3.05, 3.63) is 71.3 Å². The quantitative estimate of drug-likeness (QED) is 0.516. The van der Waals surface area contributed by atoms with Crippen molar-refractivity contribution in [2.45, 2.75) is 52.6 Å². The van der Waals surface area contributed by atoms with Gasteiger partial charge in [0, 0.05) is 26.1 Å². The molecule has 3 rings (SSSR count). The van der Waals surface area contributed by atoms with E-state index in [1.54, 1.807) is 29.2 Å². The lowest BCUT2D eigenvalue weighted by molar-refractivity contribution is -0.141. The Morgan fingerprint density at radius 3 is 2.09 bits per heavy atom. The van der Waals surface area contributed by atoms with E-state index in [0.717, 1.165) is 5.56 Å². The van der Waals surface area contributed by atoms with Crippen molar-refractivity contribution in [2.75, 3.05) is 13.1 Å². The number of nitrogens with one attached hydrogen (secondary N) is 1. The molecule has 0 saturated carbocycles. The molecule has 1 aliphatic heterocycles. The van der Waals surface area contributed by atoms with Gasteiger partial charge in [-0.15, -0.1) is 0 Å². The first kappa shape index (κ1) is 25.1. The monoisotopic (exact) mass is 463 g/mol. The SMILES string of the molecule is CC[C@@H](C(=O)NCC(C)C)N(Cc1ccccc1)C(=O)CCCN1C(=O)c2ccccc2C1=O. The van der Waals surface area contributed by atoms with Crippen LogP contribution in [-0.2, 0) is 16.1 Å². The number of benzene rings is 2. The van der Waals surface area contributed by atoms with E-state index in [-0.39, 0.29) is 36.6 Å². The van der Waals surface area contributed by atoms with Crippen molar-refractivity contribution >= 4 is 23.6 Å². The maximum atomic E-state index is 13.3. The fraction of sp³-hybridized carbons (Fsp3) is 0.407. The van der Waals surface area contributed by atoms with Gasteiger partial charge in [-0.05, 0) is 36.5 Å². The fourth-order valence-corrected chi connectivity index (χ4v) is 4.10. The molecule has 4 amide bonds. The topological polar surface area (TPSA) is 86.8 Å². The van der Waals surface area contributed by atoms with Crippen LogP contribution in [0.5, 0.6) is 0 Å². The molecule has 1 atom stereocenters. The van der Waals surface area contributed by atoms with E-state index in [9.17, 15) is 19.2 Å². The van der Waals surface area contributed by atoms with Crippen LogP contribution in [0.1, 0.15) is 66.3 Å². The number of imide groups is 1. The zero-order valence-electron chi connectivity index (χ0n) is 20.1. The highest BCUT2D eigenvalue weighted by Crippen LogP contribution is 2.23. The van der Waals surface area contributed by atoms with E-state index in [4.69, 9.17) is 0 Å². The minimum atomic E-state index is -0.592. The number of rotatable bonds is 11. The summed E-state index contributed by atoms with van der Waals surface area (Å²) in [5.41, 5.74) is 1.74. The molecule has 0 spiro atoms. The van der Waals surface area contributed by atoms with Gasteiger partial charge >= 0.3 is 0 Å². The Morgan fingerprint density at radius 2 is 1.53 bits per heavy atom. The van der Waals surface area contributed by atoms with Crippen LogP contribution in [0, 0.1) is 5.92 Å². The van der Waals surface area contributed by atoms with Gasteiger partial charge < -0.3 is 10.2 Å². The number of fused-ring (bicyclic) bond motifs is 1. The van der Waals surface area contributed by atoms with E-state index in [1.807, 2.05) is 51.1 Å². The Labute approximate surface area is 201 Å². The molecule has 34 heavy (non-hydrogen) atoms. The third-order valence-electron chi connectivity index (χ3n) is 5.92. The van der Waals surface area contributed by atoms with Gasteiger partial charge in [-0.1, -0.05) is 63.2 Å². The Kier molecular flexibility index (Phi) is 8.57. The minimum Gasteiger partial charge on any atom is -0.354 e. The molecule has 7 nitrogen and oxygen atoms in total. The first-order valence-electron chi connectivity index (χ1n) is 11.9. The second kappa shape index (κ2) is 11.6. The Bertz CT molecular complexity index is 1000. The lowest BCUT2D eigenvalue weighted by atomic mass is 10.1. The summed E-state index contributed by atoms with van der Waals surface area (Å²) in [5, 5.41) is 2.95. The van der Waals surface area contributed by atoms with Crippen molar-refractivity contribution in [3.8, 4) is 0 Å². The van der Waals surface area contributed by atoms with Crippen LogP contribution in [0.3, 0.4) is 0 Å². The van der Waals surface area contributed by atoms with Crippen LogP contribution in [0.2, 0.25) is 0 Å². The van der Waals surface area contributed by atoms with Crippen molar-refractivity contribution < 1.29 is 19.2 Å². The summed E-state index contributed by atoms with van der Waals surface area (Å²) >= 11 is 0. The van der Waals surface area contributed by atoms with Crippen LogP contribution in [0.4, 0.5) is 0 Å². The number of carbonyl (C=O) groups excluding carboxylic acids is 4. The van der Waals surface area contributed by atoms with E-state index < -0.39 is 6.04 Å². The molecule has 0 saturated heterocycles. The number of amides is 4. The van der Waals surface area contributed by atoms with Crippen LogP contribution in [-0.4, -0.2) is 52.6 Å². The number of hydrogen-bond donors (Lipinski definition) is 1. The maximum absolute atomic E-state index is 13.3. The zero-order valence-corrected chi connectivity index (χ0v) is 20.1. The summed E-state index contributed by atoms with van der Waals surface area (Å²) in [4.78, 5) is 54.2. The van der Waals surface area contributed by atoms with Gasteiger partial charge in [-0.25, -0.2) is 0 Å². The number of nitrogens with zero attached hydrogens (tertiary/aromatic N) is 2. The van der Waals surface area contributed by atoms with Crippen LogP contribution in [0.15, 0.2) is 54.6 Å². The standard InChI is InChI=1S/C27H33N3O4/c1-4-23(25(32)28-17-19(2)3)30(18-20-11-6-5-7-12-20)24(31)15-10-16-29-26(33)21-13-8-9-14-22(21)27(29)34/h5-9,11-14,19,23H,4,10,15-18H2,1-3H3,(H,28,32)/t23-/m0/s1. The molecule has 1 N–H and O–H groups in total. The highest BCUT2D eigenvalue weighted by Gasteiger charge is 2.35. The first-order valence-corrected chi connectivity index (χ1v) is 11.9. The molecule has 7 heteroatoms. The predicted octanol–water partition coefficient (Wildman–Crippen LogP) is 3.64. The third kappa shape index (κ3) is 5.90. The predicted molar refractivity (Wildman–Crippen MR) is 130 cm³/mol. The molecule has 1 aliphatic rings. The zero-order chi connectivity index (χ0) is 24.7. The Balaban J connectivity index is 1.68. The highest BCUT2D eigenvalue weighted by molar-refractivity contribution is 6.21. The molecule has 0 unspecified atom stereocenters. The summed E-state index contributed by atoms with van der Waals surface area (Å²) in [5.74, 6) is -0.686. The van der Waals surface area contributed by atoms with Gasteiger partial charge in [0.15, 0.2) is 0 Å². The Morgan fingerprint density at radius 1 is 0.941 bits per heavy atom. The fourth-order valence-electron chi connectivity index (χ4n) is 4.10. The van der Waals surface area contributed by atoms with E-state index in [2.05, 4.69) is 5.32 Å². The van der Waals surface area contributed by atoms with E-state index >= 15 is 0 Å². The van der Waals surface area contributed by atoms with Gasteiger partial charge in [0.2, 0.25) is 11.8 Å². The lowest BCUT2D eigenvalue weighted by Crippen LogP contribution is -2.49. The second-order valence-electron chi connectivity index (χ2n) is 8.98. The summed E-state index contributed by atoms with van der Waals surface area (Å²) in [6.45, 7) is 6.96. The summed E-state index contributed by atoms with van der Waals surface area (Å²) in [6.07, 6.45) is 0.953. The van der Waals surface area contributed by atoms with Gasteiger partial charge in [-0.3, -0.25) is 24.1 Å². The summed E-state index contributed by atoms with van der Waals surface area (Å²) < 4.78 is 0. The van der Waals surface area contributed by atoms with Gasteiger partial charge in [0.1, 0.15) is 6.04 Å². The van der Waals surface area contributed by atoms with Gasteiger partial charge in [0.05, 0.1) is 11.1 Å². The van der Waals surface area contributed by atoms with Crippen LogP contribution < -0.4 is 5.32 Å². The summed E-state index contributed by atoms with van der Waals surface area (Å²) in [7, 11) is 0. The largest absolute Gasteiger partial charge is 0.354 e. The molecule has 2 aromatic carbocycles. The van der Waals surface area contributed by atoms with Gasteiger partial charge in [-0.2, -0.15) is 0 Å². The van der Waals surface area contributed by atoms with Crippen molar-refractivity contribution in [1.29, 1.82) is 0 Å². The average Bonchev–Trinajstić information content (AvgIpc) is 3.08. The molecule has 0 radical (unpaired) electrons. The first-order chi connectivity index (χ1) is 16.3. The number of carbonyl (C=O) groups is 4. The minimum absolute atomic E-state index is 0.133. The van der Waals surface area contributed by atoms with E-state index in [0.29, 0.717) is 43.0 Å². The summed E-state index contributed by atoms with van der Waals surface area (Å²) in [6, 6.07) is 15.7. The molecule has 0 fully saturated rings. The van der Waals surface area contributed by atoms with Gasteiger partial charge in [0.25, 0.3) is 11.8 Å². The normalized spacial score (nSPS) is 13.7. The molecular weight excluding hydrogens is 430 g/mol. The van der Waals surface area contributed by atoms with Crippen molar-refractivity contribution in [3.63, 3.8) is 0 Å². The van der Waals surface area contributed by atoms with Crippen LogP contribution in [0.25, 0.3) is 0 Å². The molecule has 0 aromatic heterocycles. The maximum Gasteiger partial charge on any atom is 0.261 e. The second-order valence-corrected chi connectivity index (χ2v) is 8.98. The smallest absolute Gasteiger partial charge is 0.261 e. The molecule has 1 heterocycles. The molecular formula is C27H33N3O4. The lowest BCUT2D eigenvalue weighted by Gasteiger charge is -2.31. The molecule has 180 valence electrons. The number of hydrogen-bond acceptors (Lipinski definition) is 4. The molecule has 0 aliphatic carbocycles. The van der Waals surface area contributed by atoms with Crippen molar-refractivity contribution in [1.82, 2.24) is 15.1 Å². The average molecular weight is 464 g/mol. The molecule has 2 aromatic rings.